The molecule has 0 aliphatic rings. The highest BCUT2D eigenvalue weighted by Crippen LogP contribution is 2.30. The van der Waals surface area contributed by atoms with Crippen LogP contribution in [0.4, 0.5) is 0 Å². The summed E-state index contributed by atoms with van der Waals surface area (Å²) in [6, 6.07) is 9.47. The van der Waals surface area contributed by atoms with Crippen LogP contribution in [0.3, 0.4) is 0 Å². The second-order valence-electron chi connectivity index (χ2n) is 4.90. The van der Waals surface area contributed by atoms with Gasteiger partial charge in [0, 0.05) is 10.9 Å². The predicted octanol–water partition coefficient (Wildman–Crippen LogP) is 3.84. The number of benzene rings is 2. The van der Waals surface area contributed by atoms with E-state index < -0.39 is 0 Å². The average Bonchev–Trinajstić information content (AvgIpc) is 2.99. The van der Waals surface area contributed by atoms with Crippen molar-refractivity contribution in [1.82, 2.24) is 20.2 Å². The molecule has 0 atom stereocenters. The predicted molar refractivity (Wildman–Crippen MR) is 86.2 cm³/mol. The lowest BCUT2D eigenvalue weighted by atomic mass is 10.1. The zero-order chi connectivity index (χ0) is 15.1. The van der Waals surface area contributed by atoms with Crippen molar-refractivity contribution in [3.63, 3.8) is 0 Å². The van der Waals surface area contributed by atoms with Crippen LogP contribution in [-0.2, 0) is 0 Å². The van der Waals surface area contributed by atoms with Crippen LogP contribution in [0, 0.1) is 0 Å². The van der Waals surface area contributed by atoms with Crippen LogP contribution in [0.15, 0.2) is 42.7 Å². The highest BCUT2D eigenvalue weighted by Gasteiger charge is 2.08. The minimum absolute atomic E-state index is 0.548. The Hall–Kier alpha value is -2.66. The van der Waals surface area contributed by atoms with Gasteiger partial charge in [0.2, 0.25) is 0 Å². The summed E-state index contributed by atoms with van der Waals surface area (Å²) in [7, 11) is 1.59. The number of nitrogens with zero attached hydrogens (tertiary/aromatic N) is 3. The van der Waals surface area contributed by atoms with E-state index in [1.165, 1.54) is 0 Å². The van der Waals surface area contributed by atoms with Gasteiger partial charge in [0.05, 0.1) is 46.8 Å². The molecule has 0 aliphatic heterocycles. The van der Waals surface area contributed by atoms with E-state index in [1.54, 1.807) is 19.5 Å². The molecule has 22 heavy (non-hydrogen) atoms. The molecular weight excluding hydrogens is 300 g/mol. The number of nitrogens with one attached hydrogen (secondary N) is 1. The Kier molecular flexibility index (Phi) is 2.94. The molecule has 6 heteroatoms. The molecule has 0 amide bonds. The number of H-pyrrole nitrogens is 1. The van der Waals surface area contributed by atoms with E-state index in [-0.39, 0.29) is 0 Å². The molecule has 4 rings (SSSR count). The SMILES string of the molecule is COc1ccc(-c2cnc3cc4[nH]ncc4cc3n2)cc1Cl. The van der Waals surface area contributed by atoms with Crippen LogP contribution in [0.1, 0.15) is 0 Å². The molecule has 0 aliphatic carbocycles. The zero-order valence-electron chi connectivity index (χ0n) is 11.7. The second kappa shape index (κ2) is 4.96. The molecule has 0 bridgehead atoms. The molecule has 0 saturated heterocycles. The number of halogens is 1. The van der Waals surface area contributed by atoms with E-state index in [0.29, 0.717) is 10.8 Å². The molecule has 4 aromatic rings. The maximum Gasteiger partial charge on any atom is 0.137 e. The minimum Gasteiger partial charge on any atom is -0.495 e. The van der Waals surface area contributed by atoms with Gasteiger partial charge in [-0.2, -0.15) is 5.10 Å². The first kappa shape index (κ1) is 13.0. The molecule has 2 aromatic carbocycles. The van der Waals surface area contributed by atoms with E-state index in [2.05, 4.69) is 20.2 Å². The van der Waals surface area contributed by atoms with Crippen molar-refractivity contribution in [2.75, 3.05) is 7.11 Å². The Morgan fingerprint density at radius 1 is 1.09 bits per heavy atom. The van der Waals surface area contributed by atoms with Gasteiger partial charge in [0.15, 0.2) is 0 Å². The molecule has 0 saturated carbocycles. The fourth-order valence-electron chi connectivity index (χ4n) is 2.42. The standard InChI is InChI=1S/C16H11ClN4O/c1-22-16-3-2-9(4-11(16)17)15-8-18-13-6-12-10(7-19-21-12)5-14(13)20-15/h2-8H,1H3,(H,19,21). The van der Waals surface area contributed by atoms with Crippen molar-refractivity contribution in [3.05, 3.63) is 47.7 Å². The molecule has 0 radical (unpaired) electrons. The van der Waals surface area contributed by atoms with Crippen LogP contribution < -0.4 is 4.74 Å². The Labute approximate surface area is 130 Å². The fraction of sp³-hybridized carbons (Fsp3) is 0.0625. The van der Waals surface area contributed by atoms with Crippen molar-refractivity contribution in [2.45, 2.75) is 0 Å². The number of ether oxygens (including phenoxy) is 1. The first-order valence-corrected chi connectivity index (χ1v) is 7.06. The Morgan fingerprint density at radius 2 is 2.00 bits per heavy atom. The lowest BCUT2D eigenvalue weighted by molar-refractivity contribution is 0.415. The number of methoxy groups -OCH3 is 1. The quantitative estimate of drug-likeness (QED) is 0.611. The highest BCUT2D eigenvalue weighted by molar-refractivity contribution is 6.32. The number of aromatic amines is 1. The van der Waals surface area contributed by atoms with Gasteiger partial charge in [0.1, 0.15) is 5.75 Å². The molecule has 5 nitrogen and oxygen atoms in total. The summed E-state index contributed by atoms with van der Waals surface area (Å²) < 4.78 is 5.17. The molecule has 2 heterocycles. The van der Waals surface area contributed by atoms with E-state index in [1.807, 2.05) is 30.3 Å². The van der Waals surface area contributed by atoms with Gasteiger partial charge < -0.3 is 4.74 Å². The summed E-state index contributed by atoms with van der Waals surface area (Å²) in [5.41, 5.74) is 4.24. The zero-order valence-corrected chi connectivity index (χ0v) is 12.4. The molecule has 0 unspecified atom stereocenters. The summed E-state index contributed by atoms with van der Waals surface area (Å²) in [6.45, 7) is 0. The molecule has 1 N–H and O–H groups in total. The van der Waals surface area contributed by atoms with Crippen LogP contribution >= 0.6 is 11.6 Å². The van der Waals surface area contributed by atoms with E-state index in [0.717, 1.165) is 33.2 Å². The van der Waals surface area contributed by atoms with Gasteiger partial charge in [-0.3, -0.25) is 10.1 Å². The van der Waals surface area contributed by atoms with Crippen LogP contribution in [0.5, 0.6) is 5.75 Å². The molecule has 108 valence electrons. The second-order valence-corrected chi connectivity index (χ2v) is 5.31. The van der Waals surface area contributed by atoms with Gasteiger partial charge in [-0.15, -0.1) is 0 Å². The third-order valence-corrected chi connectivity index (χ3v) is 3.85. The Morgan fingerprint density at radius 3 is 2.82 bits per heavy atom. The molecule has 0 fully saturated rings. The lowest BCUT2D eigenvalue weighted by Gasteiger charge is -2.06. The molecule has 0 spiro atoms. The van der Waals surface area contributed by atoms with Gasteiger partial charge in [-0.25, -0.2) is 4.98 Å². The number of hydrogen-bond acceptors (Lipinski definition) is 4. The summed E-state index contributed by atoms with van der Waals surface area (Å²) in [5.74, 6) is 0.638. The van der Waals surface area contributed by atoms with Crippen LogP contribution in [-0.4, -0.2) is 27.3 Å². The lowest BCUT2D eigenvalue weighted by Crippen LogP contribution is -1.90. The van der Waals surface area contributed by atoms with Gasteiger partial charge in [-0.05, 0) is 30.3 Å². The van der Waals surface area contributed by atoms with Crippen molar-refractivity contribution < 1.29 is 4.74 Å². The van der Waals surface area contributed by atoms with Crippen molar-refractivity contribution in [2.24, 2.45) is 0 Å². The maximum atomic E-state index is 6.18. The highest BCUT2D eigenvalue weighted by atomic mass is 35.5. The molecule has 2 aromatic heterocycles. The number of hydrogen-bond donors (Lipinski definition) is 1. The first-order chi connectivity index (χ1) is 10.7. The third kappa shape index (κ3) is 2.07. The third-order valence-electron chi connectivity index (χ3n) is 3.55. The Balaban J connectivity index is 1.87. The minimum atomic E-state index is 0.548. The number of aromatic nitrogens is 4. The first-order valence-electron chi connectivity index (χ1n) is 6.68. The molecular formula is C16H11ClN4O. The largest absolute Gasteiger partial charge is 0.495 e. The number of rotatable bonds is 2. The van der Waals surface area contributed by atoms with Gasteiger partial charge in [-0.1, -0.05) is 11.6 Å². The average molecular weight is 311 g/mol. The summed E-state index contributed by atoms with van der Waals surface area (Å²) in [6.07, 6.45) is 3.51. The van der Waals surface area contributed by atoms with Crippen LogP contribution in [0.25, 0.3) is 33.2 Å². The summed E-state index contributed by atoms with van der Waals surface area (Å²) >= 11 is 6.18. The van der Waals surface area contributed by atoms with Crippen molar-refractivity contribution >= 4 is 33.5 Å². The Bertz CT molecular complexity index is 996. The summed E-state index contributed by atoms with van der Waals surface area (Å²) in [5, 5.41) is 8.51. The maximum absolute atomic E-state index is 6.18. The van der Waals surface area contributed by atoms with E-state index >= 15 is 0 Å². The van der Waals surface area contributed by atoms with Crippen molar-refractivity contribution in [1.29, 1.82) is 0 Å². The van der Waals surface area contributed by atoms with E-state index in [4.69, 9.17) is 16.3 Å². The fourth-order valence-corrected chi connectivity index (χ4v) is 2.67. The van der Waals surface area contributed by atoms with E-state index in [9.17, 15) is 0 Å². The van der Waals surface area contributed by atoms with Gasteiger partial charge >= 0.3 is 0 Å². The topological polar surface area (TPSA) is 63.7 Å². The smallest absolute Gasteiger partial charge is 0.137 e. The normalized spacial score (nSPS) is 11.2. The van der Waals surface area contributed by atoms with Gasteiger partial charge in [0.25, 0.3) is 0 Å². The summed E-state index contributed by atoms with van der Waals surface area (Å²) in [4.78, 5) is 9.14. The number of fused-ring (bicyclic) bond motifs is 2. The van der Waals surface area contributed by atoms with Crippen molar-refractivity contribution in [3.8, 4) is 17.0 Å². The van der Waals surface area contributed by atoms with Crippen LogP contribution in [0.2, 0.25) is 5.02 Å². The monoisotopic (exact) mass is 310 g/mol.